The number of aliphatic imine (C=N–C) groups is 3. The highest BCUT2D eigenvalue weighted by atomic mass is 16.5. The van der Waals surface area contributed by atoms with E-state index in [0.29, 0.717) is 0 Å². The smallest absolute Gasteiger partial charge is 0.128 e. The summed E-state index contributed by atoms with van der Waals surface area (Å²) in [5, 5.41) is 0. The second kappa shape index (κ2) is 6.61. The van der Waals surface area contributed by atoms with E-state index in [9.17, 15) is 0 Å². The highest BCUT2D eigenvalue weighted by Gasteiger charge is 2.06. The van der Waals surface area contributed by atoms with Gasteiger partial charge in [-0.1, -0.05) is 18.2 Å². The molecule has 0 N–H and O–H groups in total. The molecule has 21 heavy (non-hydrogen) atoms. The molecule has 4 nitrogen and oxygen atoms in total. The maximum absolute atomic E-state index is 5.51. The van der Waals surface area contributed by atoms with Crippen LogP contribution in [0.4, 0.5) is 0 Å². The van der Waals surface area contributed by atoms with Crippen molar-refractivity contribution in [3.8, 4) is 0 Å². The molecule has 0 amide bonds. The van der Waals surface area contributed by atoms with E-state index in [1.54, 1.807) is 31.1 Å². The molecule has 2 aliphatic carbocycles. The summed E-state index contributed by atoms with van der Waals surface area (Å²) in [6.07, 6.45) is 21.9. The van der Waals surface area contributed by atoms with E-state index < -0.39 is 0 Å². The van der Waals surface area contributed by atoms with E-state index in [2.05, 4.69) is 21.1 Å². The average molecular weight is 277 g/mol. The van der Waals surface area contributed by atoms with Gasteiger partial charge >= 0.3 is 0 Å². The van der Waals surface area contributed by atoms with Crippen LogP contribution in [0.1, 0.15) is 12.8 Å². The lowest BCUT2D eigenvalue weighted by atomic mass is 10.1. The molecule has 104 valence electrons. The van der Waals surface area contributed by atoms with Gasteiger partial charge in [0.2, 0.25) is 0 Å². The van der Waals surface area contributed by atoms with Crippen LogP contribution in [-0.4, -0.2) is 18.3 Å². The predicted molar refractivity (Wildman–Crippen MR) is 86.4 cm³/mol. The Hall–Kier alpha value is -2.75. The van der Waals surface area contributed by atoms with Crippen molar-refractivity contribution in [2.24, 2.45) is 15.0 Å². The van der Waals surface area contributed by atoms with E-state index in [4.69, 9.17) is 4.74 Å². The standard InChI is InChI=1S/C17H15N3O/c1-2-10-21-16-7-4-6-15(11-16)19-13-20-17-8-3-5-14(17)12-18-9-1/h1-5,7,9-13H,6,8H2. The third-order valence-corrected chi connectivity index (χ3v) is 3.08. The van der Waals surface area contributed by atoms with Crippen LogP contribution in [0, 0.1) is 0 Å². The fraction of sp³-hybridized carbons (Fsp3) is 0.118. The SMILES string of the molecule is C1=CN=CC2=C(CC=C2)N=CN=C2C=C(C=CC2)OC=C1. The molecule has 3 rings (SSSR count). The molecule has 0 saturated heterocycles. The van der Waals surface area contributed by atoms with Crippen LogP contribution in [0.15, 0.2) is 87.0 Å². The fourth-order valence-corrected chi connectivity index (χ4v) is 2.05. The molecule has 0 spiro atoms. The highest BCUT2D eigenvalue weighted by molar-refractivity contribution is 6.01. The minimum Gasteiger partial charge on any atom is -0.465 e. The molecule has 1 aliphatic heterocycles. The first-order chi connectivity index (χ1) is 10.4. The monoisotopic (exact) mass is 277 g/mol. The third-order valence-electron chi connectivity index (χ3n) is 3.08. The molecular formula is C17H15N3O. The van der Waals surface area contributed by atoms with Crippen molar-refractivity contribution in [3.63, 3.8) is 0 Å². The Kier molecular flexibility index (Phi) is 4.17. The summed E-state index contributed by atoms with van der Waals surface area (Å²) in [5.41, 5.74) is 2.93. The summed E-state index contributed by atoms with van der Waals surface area (Å²) in [5.74, 6) is 0.763. The van der Waals surface area contributed by atoms with Crippen LogP contribution in [0.5, 0.6) is 0 Å². The zero-order valence-corrected chi connectivity index (χ0v) is 11.5. The number of allylic oxidation sites excluding steroid dienone is 8. The van der Waals surface area contributed by atoms with Crippen molar-refractivity contribution in [1.29, 1.82) is 0 Å². The maximum atomic E-state index is 5.51. The minimum absolute atomic E-state index is 0.763. The molecule has 0 unspecified atom stereocenters. The van der Waals surface area contributed by atoms with Gasteiger partial charge in [0.15, 0.2) is 0 Å². The van der Waals surface area contributed by atoms with Crippen LogP contribution in [0.3, 0.4) is 0 Å². The van der Waals surface area contributed by atoms with Gasteiger partial charge in [-0.15, -0.1) is 0 Å². The minimum atomic E-state index is 0.763. The van der Waals surface area contributed by atoms with Crippen molar-refractivity contribution in [2.45, 2.75) is 12.8 Å². The van der Waals surface area contributed by atoms with Crippen molar-refractivity contribution < 1.29 is 4.74 Å². The Balaban J connectivity index is 1.91. The van der Waals surface area contributed by atoms with Crippen LogP contribution >= 0.6 is 0 Å². The number of ether oxygens (including phenoxy) is 1. The quantitative estimate of drug-likeness (QED) is 0.666. The first-order valence-corrected chi connectivity index (χ1v) is 6.80. The average Bonchev–Trinajstić information content (AvgIpc) is 2.93. The van der Waals surface area contributed by atoms with Gasteiger partial charge < -0.3 is 4.74 Å². The summed E-state index contributed by atoms with van der Waals surface area (Å²) in [6, 6.07) is 0. The second-order valence-electron chi connectivity index (χ2n) is 4.59. The predicted octanol–water partition coefficient (Wildman–Crippen LogP) is 3.64. The molecule has 0 radical (unpaired) electrons. The second-order valence-corrected chi connectivity index (χ2v) is 4.59. The van der Waals surface area contributed by atoms with Crippen LogP contribution < -0.4 is 0 Å². The number of fused-ring (bicyclic) bond motifs is 1. The topological polar surface area (TPSA) is 46.3 Å². The lowest BCUT2D eigenvalue weighted by Crippen LogP contribution is -2.00. The molecule has 0 atom stereocenters. The van der Waals surface area contributed by atoms with Crippen molar-refractivity contribution in [2.75, 3.05) is 0 Å². The van der Waals surface area contributed by atoms with Gasteiger partial charge in [-0.05, 0) is 18.2 Å². The molecule has 4 heteroatoms. The summed E-state index contributed by atoms with van der Waals surface area (Å²) < 4.78 is 5.51. The zero-order valence-electron chi connectivity index (χ0n) is 11.5. The highest BCUT2D eigenvalue weighted by Crippen LogP contribution is 2.18. The Morgan fingerprint density at radius 1 is 1.05 bits per heavy atom. The summed E-state index contributed by atoms with van der Waals surface area (Å²) in [6.45, 7) is 0. The Bertz CT molecular complexity index is 683. The van der Waals surface area contributed by atoms with E-state index in [0.717, 1.165) is 35.6 Å². The van der Waals surface area contributed by atoms with Crippen molar-refractivity contribution in [1.82, 2.24) is 0 Å². The molecule has 2 bridgehead atoms. The summed E-state index contributed by atoms with van der Waals surface area (Å²) in [7, 11) is 0. The van der Waals surface area contributed by atoms with Gasteiger partial charge in [-0.2, -0.15) is 0 Å². The number of hydrogen-bond donors (Lipinski definition) is 0. The normalized spacial score (nSPS) is 20.6. The Morgan fingerprint density at radius 2 is 2.00 bits per heavy atom. The fourth-order valence-electron chi connectivity index (χ4n) is 2.05. The van der Waals surface area contributed by atoms with Gasteiger partial charge in [0, 0.05) is 42.6 Å². The molecule has 1 heterocycles. The summed E-state index contributed by atoms with van der Waals surface area (Å²) in [4.78, 5) is 13.0. The lowest BCUT2D eigenvalue weighted by molar-refractivity contribution is 0.368. The molecule has 0 saturated carbocycles. The van der Waals surface area contributed by atoms with E-state index >= 15 is 0 Å². The van der Waals surface area contributed by atoms with Crippen LogP contribution in [0.25, 0.3) is 0 Å². The molecular weight excluding hydrogens is 262 g/mol. The lowest BCUT2D eigenvalue weighted by Gasteiger charge is -2.06. The third kappa shape index (κ3) is 3.63. The van der Waals surface area contributed by atoms with Crippen LogP contribution in [-0.2, 0) is 4.74 Å². The van der Waals surface area contributed by atoms with Gasteiger partial charge in [0.05, 0.1) is 12.0 Å². The van der Waals surface area contributed by atoms with Gasteiger partial charge in [0.1, 0.15) is 12.1 Å². The Morgan fingerprint density at radius 3 is 3.00 bits per heavy atom. The van der Waals surface area contributed by atoms with Gasteiger partial charge in [-0.25, -0.2) is 9.98 Å². The first-order valence-electron chi connectivity index (χ1n) is 6.80. The van der Waals surface area contributed by atoms with Gasteiger partial charge in [-0.3, -0.25) is 4.99 Å². The van der Waals surface area contributed by atoms with E-state index in [1.807, 2.05) is 30.4 Å². The Labute approximate surface area is 123 Å². The van der Waals surface area contributed by atoms with Crippen molar-refractivity contribution >= 4 is 18.3 Å². The van der Waals surface area contributed by atoms with Crippen LogP contribution in [0.2, 0.25) is 0 Å². The molecule has 0 aromatic rings. The van der Waals surface area contributed by atoms with Gasteiger partial charge in [0.25, 0.3) is 0 Å². The van der Waals surface area contributed by atoms with E-state index in [-0.39, 0.29) is 0 Å². The largest absolute Gasteiger partial charge is 0.465 e. The zero-order chi connectivity index (χ0) is 14.3. The van der Waals surface area contributed by atoms with Crippen molar-refractivity contribution in [3.05, 3.63) is 72.0 Å². The van der Waals surface area contributed by atoms with E-state index in [1.165, 1.54) is 0 Å². The molecule has 3 aliphatic rings. The number of rotatable bonds is 0. The molecule has 0 aromatic heterocycles. The molecule has 0 fully saturated rings. The number of nitrogens with zero attached hydrogens (tertiary/aromatic N) is 3. The first kappa shape index (κ1) is 13.2. The number of hydrogen-bond acceptors (Lipinski definition) is 4. The summed E-state index contributed by atoms with van der Waals surface area (Å²) >= 11 is 0. The maximum Gasteiger partial charge on any atom is 0.128 e. The molecule has 0 aromatic carbocycles.